The molecular formula is C20H27F2N3O2S. The lowest BCUT2D eigenvalue weighted by atomic mass is 9.91. The Balaban J connectivity index is 1.58. The smallest absolute Gasteiger partial charge is 0.243 e. The fourth-order valence-electron chi connectivity index (χ4n) is 3.59. The van der Waals surface area contributed by atoms with E-state index < -0.39 is 17.7 Å². The summed E-state index contributed by atoms with van der Waals surface area (Å²) in [5.41, 5.74) is 0.216. The van der Waals surface area contributed by atoms with Crippen molar-refractivity contribution in [2.75, 3.05) is 29.6 Å². The van der Waals surface area contributed by atoms with Gasteiger partial charge in [0.05, 0.1) is 11.6 Å². The van der Waals surface area contributed by atoms with Crippen LogP contribution in [0, 0.1) is 17.0 Å². The second-order valence-corrected chi connectivity index (χ2v) is 9.65. The maximum Gasteiger partial charge on any atom is 0.243 e. The lowest BCUT2D eigenvalue weighted by Crippen LogP contribution is -2.50. The van der Waals surface area contributed by atoms with E-state index >= 15 is 0 Å². The molecule has 8 heteroatoms. The van der Waals surface area contributed by atoms with Crippen LogP contribution in [0.15, 0.2) is 18.2 Å². The summed E-state index contributed by atoms with van der Waals surface area (Å²) < 4.78 is 27.1. The van der Waals surface area contributed by atoms with Crippen molar-refractivity contribution < 1.29 is 18.4 Å². The first-order chi connectivity index (χ1) is 13.1. The molecule has 1 aromatic rings. The fourth-order valence-corrected chi connectivity index (χ4v) is 4.77. The molecule has 1 N–H and O–H groups in total. The van der Waals surface area contributed by atoms with Crippen LogP contribution < -0.4 is 10.2 Å². The second kappa shape index (κ2) is 8.27. The topological polar surface area (TPSA) is 52.7 Å². The SMILES string of the molecule is CC(C)(C)CC(=O)N1CSCC1C(=O)NC1CCN(c2ccc(F)cc2F)C1. The first-order valence-electron chi connectivity index (χ1n) is 9.51. The number of nitrogens with zero attached hydrogens (tertiary/aromatic N) is 2. The van der Waals surface area contributed by atoms with Gasteiger partial charge in [0.1, 0.15) is 17.7 Å². The largest absolute Gasteiger partial charge is 0.367 e. The molecule has 154 valence electrons. The zero-order chi connectivity index (χ0) is 20.5. The van der Waals surface area contributed by atoms with Gasteiger partial charge in [-0.25, -0.2) is 8.78 Å². The van der Waals surface area contributed by atoms with E-state index in [0.717, 1.165) is 6.07 Å². The summed E-state index contributed by atoms with van der Waals surface area (Å²) in [6.07, 6.45) is 1.08. The van der Waals surface area contributed by atoms with Crippen LogP contribution in [0.2, 0.25) is 0 Å². The van der Waals surface area contributed by atoms with Crippen molar-refractivity contribution in [1.29, 1.82) is 0 Å². The quantitative estimate of drug-likeness (QED) is 0.828. The van der Waals surface area contributed by atoms with E-state index in [1.807, 2.05) is 25.7 Å². The molecule has 2 saturated heterocycles. The van der Waals surface area contributed by atoms with Crippen molar-refractivity contribution >= 4 is 29.3 Å². The van der Waals surface area contributed by atoms with Gasteiger partial charge in [0.15, 0.2) is 0 Å². The van der Waals surface area contributed by atoms with Crippen LogP contribution in [0.3, 0.4) is 0 Å². The second-order valence-electron chi connectivity index (χ2n) is 8.65. The zero-order valence-electron chi connectivity index (χ0n) is 16.5. The molecule has 0 radical (unpaired) electrons. The number of hydrogen-bond acceptors (Lipinski definition) is 4. The number of anilines is 1. The molecule has 3 rings (SSSR count). The molecule has 2 aliphatic rings. The molecule has 2 atom stereocenters. The number of amides is 2. The molecule has 2 fully saturated rings. The highest BCUT2D eigenvalue weighted by molar-refractivity contribution is 7.99. The highest BCUT2D eigenvalue weighted by Crippen LogP contribution is 2.28. The molecule has 0 saturated carbocycles. The molecule has 5 nitrogen and oxygen atoms in total. The number of carbonyl (C=O) groups excluding carboxylic acids is 2. The van der Waals surface area contributed by atoms with Gasteiger partial charge in [-0.3, -0.25) is 9.59 Å². The summed E-state index contributed by atoms with van der Waals surface area (Å²) >= 11 is 1.58. The molecule has 1 aromatic carbocycles. The Labute approximate surface area is 168 Å². The van der Waals surface area contributed by atoms with Gasteiger partial charge in [0.25, 0.3) is 0 Å². The van der Waals surface area contributed by atoms with Crippen LogP contribution >= 0.6 is 11.8 Å². The van der Waals surface area contributed by atoms with Gasteiger partial charge >= 0.3 is 0 Å². The van der Waals surface area contributed by atoms with E-state index in [1.165, 1.54) is 12.1 Å². The highest BCUT2D eigenvalue weighted by Gasteiger charge is 2.37. The Hall–Kier alpha value is -1.83. The number of carbonyl (C=O) groups is 2. The van der Waals surface area contributed by atoms with Gasteiger partial charge in [-0.05, 0) is 24.0 Å². The summed E-state index contributed by atoms with van der Waals surface area (Å²) in [6.45, 7) is 7.06. The van der Waals surface area contributed by atoms with Crippen molar-refractivity contribution in [3.8, 4) is 0 Å². The lowest BCUT2D eigenvalue weighted by Gasteiger charge is -2.27. The lowest BCUT2D eigenvalue weighted by molar-refractivity contribution is -0.139. The van der Waals surface area contributed by atoms with Gasteiger partial charge < -0.3 is 15.1 Å². The molecule has 28 heavy (non-hydrogen) atoms. The summed E-state index contributed by atoms with van der Waals surface area (Å²) in [5, 5.41) is 3.01. The van der Waals surface area contributed by atoms with Crippen LogP contribution in [0.5, 0.6) is 0 Å². The maximum absolute atomic E-state index is 14.0. The Morgan fingerprint density at radius 3 is 2.71 bits per heavy atom. The van der Waals surface area contributed by atoms with Crippen molar-refractivity contribution in [2.24, 2.45) is 5.41 Å². The highest BCUT2D eigenvalue weighted by atomic mass is 32.2. The van der Waals surface area contributed by atoms with E-state index in [-0.39, 0.29) is 23.3 Å². The minimum Gasteiger partial charge on any atom is -0.367 e. The normalized spacial score (nSPS) is 22.6. The van der Waals surface area contributed by atoms with Crippen LogP contribution in [0.25, 0.3) is 0 Å². The number of halogens is 2. The summed E-state index contributed by atoms with van der Waals surface area (Å²) in [7, 11) is 0. The van der Waals surface area contributed by atoms with E-state index in [2.05, 4.69) is 5.32 Å². The fraction of sp³-hybridized carbons (Fsp3) is 0.600. The predicted octanol–water partition coefficient (Wildman–Crippen LogP) is 3.00. The average molecular weight is 412 g/mol. The van der Waals surface area contributed by atoms with E-state index in [1.54, 1.807) is 16.7 Å². The van der Waals surface area contributed by atoms with Crippen LogP contribution in [-0.2, 0) is 9.59 Å². The Morgan fingerprint density at radius 1 is 1.29 bits per heavy atom. The minimum absolute atomic E-state index is 0.000850. The number of hydrogen-bond donors (Lipinski definition) is 1. The third-order valence-electron chi connectivity index (χ3n) is 4.97. The summed E-state index contributed by atoms with van der Waals surface area (Å²) in [5.74, 6) is -0.241. The summed E-state index contributed by atoms with van der Waals surface area (Å²) in [6, 6.07) is 2.95. The van der Waals surface area contributed by atoms with Gasteiger partial charge in [-0.15, -0.1) is 11.8 Å². The third-order valence-corrected chi connectivity index (χ3v) is 5.98. The third kappa shape index (κ3) is 4.96. The van der Waals surface area contributed by atoms with Crippen molar-refractivity contribution in [2.45, 2.75) is 45.7 Å². The number of thioether (sulfide) groups is 1. The number of nitrogens with one attached hydrogen (secondary N) is 1. The molecule has 0 aromatic heterocycles. The molecule has 2 unspecified atom stereocenters. The van der Waals surface area contributed by atoms with E-state index in [4.69, 9.17) is 0 Å². The van der Waals surface area contributed by atoms with Gasteiger partial charge in [-0.1, -0.05) is 20.8 Å². The van der Waals surface area contributed by atoms with Crippen molar-refractivity contribution in [1.82, 2.24) is 10.2 Å². The number of benzene rings is 1. The average Bonchev–Trinajstić information content (AvgIpc) is 3.22. The Bertz CT molecular complexity index is 753. The maximum atomic E-state index is 14.0. The molecule has 2 heterocycles. The number of rotatable bonds is 4. The Kier molecular flexibility index (Phi) is 6.17. The minimum atomic E-state index is -0.607. The van der Waals surface area contributed by atoms with E-state index in [0.29, 0.717) is 43.2 Å². The first-order valence-corrected chi connectivity index (χ1v) is 10.7. The van der Waals surface area contributed by atoms with Crippen LogP contribution in [0.4, 0.5) is 14.5 Å². The van der Waals surface area contributed by atoms with E-state index in [9.17, 15) is 18.4 Å². The predicted molar refractivity (Wildman–Crippen MR) is 107 cm³/mol. The van der Waals surface area contributed by atoms with Crippen molar-refractivity contribution in [3.05, 3.63) is 29.8 Å². The molecular weight excluding hydrogens is 384 g/mol. The molecule has 2 aliphatic heterocycles. The van der Waals surface area contributed by atoms with Crippen LogP contribution in [-0.4, -0.2) is 53.5 Å². The van der Waals surface area contributed by atoms with Gasteiger partial charge in [0.2, 0.25) is 11.8 Å². The van der Waals surface area contributed by atoms with Crippen molar-refractivity contribution in [3.63, 3.8) is 0 Å². The molecule has 0 spiro atoms. The molecule has 2 amide bonds. The van der Waals surface area contributed by atoms with Gasteiger partial charge in [0, 0.05) is 37.4 Å². The van der Waals surface area contributed by atoms with Crippen LogP contribution in [0.1, 0.15) is 33.6 Å². The molecule has 0 aliphatic carbocycles. The van der Waals surface area contributed by atoms with Gasteiger partial charge in [-0.2, -0.15) is 0 Å². The summed E-state index contributed by atoms with van der Waals surface area (Å²) in [4.78, 5) is 28.8. The monoisotopic (exact) mass is 411 g/mol. The standard InChI is InChI=1S/C20H27F2N3O2S/c1-20(2,3)9-18(26)25-12-28-11-17(25)19(27)23-14-6-7-24(10-14)16-5-4-13(21)8-15(16)22/h4-5,8,14,17H,6-7,9-12H2,1-3H3,(H,23,27). The first kappa shape index (κ1) is 20.9. The zero-order valence-corrected chi connectivity index (χ0v) is 17.3. The molecule has 0 bridgehead atoms. The Morgan fingerprint density at radius 2 is 2.04 bits per heavy atom.